The van der Waals surface area contributed by atoms with Crippen molar-refractivity contribution in [2.24, 2.45) is 0 Å². The van der Waals surface area contributed by atoms with Crippen LogP contribution in [0, 0.1) is 6.92 Å². The molecule has 1 saturated heterocycles. The normalized spacial score (nSPS) is 14.5. The lowest BCUT2D eigenvalue weighted by molar-refractivity contribution is 0.402. The van der Waals surface area contributed by atoms with Crippen LogP contribution in [-0.4, -0.2) is 60.1 Å². The number of rotatable bonds is 5. The van der Waals surface area contributed by atoms with E-state index in [2.05, 4.69) is 81.0 Å². The van der Waals surface area contributed by atoms with Crippen molar-refractivity contribution in [1.29, 1.82) is 0 Å². The molecule has 1 aliphatic rings. The molecule has 0 N–H and O–H groups in total. The van der Waals surface area contributed by atoms with Crippen LogP contribution in [0.5, 0.6) is 0 Å². The number of pyridine rings is 1. The first-order chi connectivity index (χ1) is 14.1. The van der Waals surface area contributed by atoms with E-state index in [4.69, 9.17) is 0 Å². The second kappa shape index (κ2) is 8.57. The van der Waals surface area contributed by atoms with Crippen LogP contribution >= 0.6 is 0 Å². The van der Waals surface area contributed by atoms with Crippen molar-refractivity contribution in [3.8, 4) is 11.1 Å². The predicted octanol–water partition coefficient (Wildman–Crippen LogP) is 3.24. The van der Waals surface area contributed by atoms with Gasteiger partial charge in [-0.25, -0.2) is 9.97 Å². The third-order valence-electron chi connectivity index (χ3n) is 5.31. The minimum atomic E-state index is 0.806. The smallest absolute Gasteiger partial charge is 0.225 e. The lowest BCUT2D eigenvalue weighted by atomic mass is 10.1. The zero-order valence-electron chi connectivity index (χ0n) is 17.4. The third-order valence-corrected chi connectivity index (χ3v) is 5.31. The molecule has 0 saturated carbocycles. The van der Waals surface area contributed by atoms with E-state index in [-0.39, 0.29) is 0 Å². The summed E-state index contributed by atoms with van der Waals surface area (Å²) in [5.41, 5.74) is 6.00. The molecule has 6 heteroatoms. The fourth-order valence-electron chi connectivity index (χ4n) is 3.78. The van der Waals surface area contributed by atoms with Crippen molar-refractivity contribution in [1.82, 2.24) is 19.9 Å². The van der Waals surface area contributed by atoms with Gasteiger partial charge in [0.25, 0.3) is 0 Å². The van der Waals surface area contributed by atoms with Gasteiger partial charge >= 0.3 is 0 Å². The summed E-state index contributed by atoms with van der Waals surface area (Å²) >= 11 is 0. The summed E-state index contributed by atoms with van der Waals surface area (Å²) in [6.45, 7) is 6.78. The number of aromatic nitrogens is 3. The first kappa shape index (κ1) is 19.3. The van der Waals surface area contributed by atoms with Gasteiger partial charge in [0.15, 0.2) is 0 Å². The number of aryl methyl sites for hydroxylation is 1. The maximum Gasteiger partial charge on any atom is 0.225 e. The van der Waals surface area contributed by atoms with Crippen molar-refractivity contribution in [2.45, 2.75) is 13.5 Å². The van der Waals surface area contributed by atoms with E-state index in [1.54, 1.807) is 0 Å². The summed E-state index contributed by atoms with van der Waals surface area (Å²) in [4.78, 5) is 20.4. The van der Waals surface area contributed by atoms with Crippen LogP contribution in [0.3, 0.4) is 0 Å². The molecular weight excluding hydrogens is 360 g/mol. The molecule has 0 spiro atoms. The molecule has 0 atom stereocenters. The number of nitrogens with zero attached hydrogens (tertiary/aromatic N) is 6. The molecule has 1 fully saturated rings. The van der Waals surface area contributed by atoms with Crippen LogP contribution in [0.1, 0.15) is 11.1 Å². The highest BCUT2D eigenvalue weighted by molar-refractivity contribution is 5.63. The van der Waals surface area contributed by atoms with Crippen molar-refractivity contribution in [3.63, 3.8) is 0 Å². The Labute approximate surface area is 172 Å². The van der Waals surface area contributed by atoms with Crippen LogP contribution in [0.15, 0.2) is 55.1 Å². The van der Waals surface area contributed by atoms with Gasteiger partial charge in [0.1, 0.15) is 0 Å². The van der Waals surface area contributed by atoms with Crippen LogP contribution in [0.2, 0.25) is 0 Å². The van der Waals surface area contributed by atoms with E-state index in [0.717, 1.165) is 49.8 Å². The average Bonchev–Trinajstić information content (AvgIpc) is 2.74. The summed E-state index contributed by atoms with van der Waals surface area (Å²) in [6, 6.07) is 10.7. The van der Waals surface area contributed by atoms with Gasteiger partial charge in [-0.2, -0.15) is 0 Å². The average molecular weight is 389 g/mol. The number of hydrogen-bond donors (Lipinski definition) is 0. The Morgan fingerprint density at radius 1 is 0.897 bits per heavy atom. The zero-order valence-corrected chi connectivity index (χ0v) is 17.4. The Balaban J connectivity index is 1.42. The first-order valence-corrected chi connectivity index (χ1v) is 10.1. The molecular formula is C23H28N6. The lowest BCUT2D eigenvalue weighted by Gasteiger charge is -2.36. The summed E-state index contributed by atoms with van der Waals surface area (Å²) in [5.74, 6) is 0.806. The molecule has 1 aliphatic heterocycles. The molecule has 29 heavy (non-hydrogen) atoms. The maximum absolute atomic E-state index is 4.66. The number of anilines is 2. The van der Waals surface area contributed by atoms with Gasteiger partial charge in [-0.1, -0.05) is 18.2 Å². The molecule has 0 aliphatic carbocycles. The van der Waals surface area contributed by atoms with E-state index in [1.807, 2.05) is 24.8 Å². The zero-order chi connectivity index (χ0) is 20.2. The van der Waals surface area contributed by atoms with Gasteiger partial charge in [-0.15, -0.1) is 0 Å². The molecule has 150 valence electrons. The van der Waals surface area contributed by atoms with Crippen molar-refractivity contribution in [2.75, 3.05) is 50.1 Å². The highest BCUT2D eigenvalue weighted by Gasteiger charge is 2.20. The highest BCUT2D eigenvalue weighted by Crippen LogP contribution is 2.23. The van der Waals surface area contributed by atoms with Crippen LogP contribution in [0.4, 0.5) is 11.6 Å². The van der Waals surface area contributed by atoms with Crippen molar-refractivity contribution >= 4 is 11.6 Å². The van der Waals surface area contributed by atoms with Gasteiger partial charge in [0, 0.05) is 56.9 Å². The molecule has 0 amide bonds. The summed E-state index contributed by atoms with van der Waals surface area (Å²) in [5, 5.41) is 0. The van der Waals surface area contributed by atoms with Gasteiger partial charge in [-0.3, -0.25) is 4.98 Å². The Kier molecular flexibility index (Phi) is 5.71. The fourth-order valence-corrected chi connectivity index (χ4v) is 3.78. The third kappa shape index (κ3) is 4.54. The fraction of sp³-hybridized carbons (Fsp3) is 0.348. The Morgan fingerprint density at radius 3 is 2.31 bits per heavy atom. The SMILES string of the molecule is Cc1ccncc1N1CCN(c2ncc(-c3cccc(CN(C)C)c3)cn2)CC1. The number of benzene rings is 1. The van der Waals surface area contributed by atoms with Gasteiger partial charge in [-0.05, 0) is 49.8 Å². The number of piperazine rings is 1. The second-order valence-corrected chi connectivity index (χ2v) is 7.85. The molecule has 1 aromatic carbocycles. The van der Waals surface area contributed by atoms with E-state index in [9.17, 15) is 0 Å². The molecule has 4 rings (SSSR count). The largest absolute Gasteiger partial charge is 0.367 e. The summed E-state index contributed by atoms with van der Waals surface area (Å²) in [6.07, 6.45) is 7.69. The van der Waals surface area contributed by atoms with Crippen LogP contribution in [0.25, 0.3) is 11.1 Å². The van der Waals surface area contributed by atoms with Crippen LogP contribution in [-0.2, 0) is 6.54 Å². The van der Waals surface area contributed by atoms with Crippen molar-refractivity contribution < 1.29 is 0 Å². The Hall–Kier alpha value is -2.99. The molecule has 6 nitrogen and oxygen atoms in total. The molecule has 0 radical (unpaired) electrons. The molecule has 0 bridgehead atoms. The monoisotopic (exact) mass is 388 g/mol. The first-order valence-electron chi connectivity index (χ1n) is 10.1. The lowest BCUT2D eigenvalue weighted by Crippen LogP contribution is -2.47. The summed E-state index contributed by atoms with van der Waals surface area (Å²) < 4.78 is 0. The van der Waals surface area contributed by atoms with Crippen molar-refractivity contribution in [3.05, 3.63) is 66.2 Å². The van der Waals surface area contributed by atoms with E-state index in [0.29, 0.717) is 0 Å². The Morgan fingerprint density at radius 2 is 1.62 bits per heavy atom. The standard InChI is InChI=1S/C23H28N6/c1-18-7-8-24-16-22(18)28-9-11-29(12-10-28)23-25-14-21(15-26-23)20-6-4-5-19(13-20)17-27(2)3/h4-8,13-16H,9-12,17H2,1-3H3. The summed E-state index contributed by atoms with van der Waals surface area (Å²) in [7, 11) is 4.17. The topological polar surface area (TPSA) is 48.4 Å². The molecule has 2 aromatic heterocycles. The highest BCUT2D eigenvalue weighted by atomic mass is 15.3. The van der Waals surface area contributed by atoms with E-state index < -0.39 is 0 Å². The minimum absolute atomic E-state index is 0.806. The Bertz CT molecular complexity index is 946. The predicted molar refractivity (Wildman–Crippen MR) is 118 cm³/mol. The molecule has 3 heterocycles. The minimum Gasteiger partial charge on any atom is -0.367 e. The van der Waals surface area contributed by atoms with Gasteiger partial charge in [0.2, 0.25) is 5.95 Å². The van der Waals surface area contributed by atoms with E-state index >= 15 is 0 Å². The molecule has 3 aromatic rings. The van der Waals surface area contributed by atoms with Crippen LogP contribution < -0.4 is 9.80 Å². The maximum atomic E-state index is 4.66. The van der Waals surface area contributed by atoms with Gasteiger partial charge in [0.05, 0.1) is 11.9 Å². The quantitative estimate of drug-likeness (QED) is 0.669. The second-order valence-electron chi connectivity index (χ2n) is 7.85. The molecule has 0 unspecified atom stereocenters. The number of hydrogen-bond acceptors (Lipinski definition) is 6. The van der Waals surface area contributed by atoms with Gasteiger partial charge < -0.3 is 14.7 Å². The van der Waals surface area contributed by atoms with E-state index in [1.165, 1.54) is 16.8 Å².